The van der Waals surface area contributed by atoms with Crippen molar-refractivity contribution >= 4 is 0 Å². The van der Waals surface area contributed by atoms with Crippen molar-refractivity contribution in [3.8, 4) is 5.75 Å². The number of hydrogen-bond acceptors (Lipinski definition) is 3. The maximum atomic E-state index is 10.3. The number of nitrogens with zero attached hydrogens (tertiary/aromatic N) is 1. The molecule has 1 N–H and O–H groups in total. The van der Waals surface area contributed by atoms with Gasteiger partial charge >= 0.3 is 0 Å². The number of rotatable bonds is 2. The molecule has 1 aromatic carbocycles. The van der Waals surface area contributed by atoms with Crippen molar-refractivity contribution < 1.29 is 9.84 Å². The fourth-order valence-electron chi connectivity index (χ4n) is 3.40. The smallest absolute Gasteiger partial charge is 0.118 e. The lowest BCUT2D eigenvalue weighted by Crippen LogP contribution is -2.45. The Bertz CT molecular complexity index is 403. The van der Waals surface area contributed by atoms with Gasteiger partial charge in [0.15, 0.2) is 0 Å². The molecule has 1 aromatic rings. The van der Waals surface area contributed by atoms with Gasteiger partial charge in [-0.1, -0.05) is 12.1 Å². The molecule has 2 saturated heterocycles. The van der Waals surface area contributed by atoms with Crippen LogP contribution in [0.2, 0.25) is 0 Å². The van der Waals surface area contributed by atoms with Crippen LogP contribution in [-0.2, 0) is 0 Å². The second-order valence-corrected chi connectivity index (χ2v) is 5.47. The molecule has 3 nitrogen and oxygen atoms in total. The maximum absolute atomic E-state index is 10.3. The maximum Gasteiger partial charge on any atom is 0.118 e. The number of fused-ring (bicyclic) bond motifs is 1. The first kappa shape index (κ1) is 12.0. The van der Waals surface area contributed by atoms with E-state index < -0.39 is 0 Å². The van der Waals surface area contributed by atoms with E-state index in [0.717, 1.165) is 18.7 Å². The molecule has 0 bridgehead atoms. The predicted octanol–water partition coefficient (Wildman–Crippen LogP) is 2.01. The van der Waals surface area contributed by atoms with Crippen molar-refractivity contribution in [3.05, 3.63) is 29.8 Å². The molecule has 0 aromatic heterocycles. The van der Waals surface area contributed by atoms with Gasteiger partial charge in [0.1, 0.15) is 5.75 Å². The van der Waals surface area contributed by atoms with Crippen LogP contribution in [0.1, 0.15) is 30.7 Å². The predicted molar refractivity (Wildman–Crippen MR) is 71.0 cm³/mol. The lowest BCUT2D eigenvalue weighted by Gasteiger charge is -2.38. The van der Waals surface area contributed by atoms with Crippen LogP contribution in [-0.4, -0.2) is 42.4 Å². The fourth-order valence-corrected chi connectivity index (χ4v) is 3.40. The zero-order valence-electron chi connectivity index (χ0n) is 10.9. The normalized spacial score (nSPS) is 32.2. The van der Waals surface area contributed by atoms with Gasteiger partial charge in [0.25, 0.3) is 0 Å². The molecule has 3 rings (SSSR count). The van der Waals surface area contributed by atoms with Crippen molar-refractivity contribution in [2.45, 2.75) is 37.3 Å². The molecule has 0 aliphatic carbocycles. The highest BCUT2D eigenvalue weighted by Crippen LogP contribution is 2.35. The zero-order chi connectivity index (χ0) is 12.5. The Kier molecular flexibility index (Phi) is 3.27. The summed E-state index contributed by atoms with van der Waals surface area (Å²) < 4.78 is 5.18. The van der Waals surface area contributed by atoms with E-state index in [9.17, 15) is 5.11 Å². The number of ether oxygens (including phenoxy) is 1. The molecule has 2 fully saturated rings. The Balaban J connectivity index is 1.77. The Morgan fingerprint density at radius 3 is 2.78 bits per heavy atom. The van der Waals surface area contributed by atoms with Crippen LogP contribution in [0, 0.1) is 0 Å². The Labute approximate surface area is 108 Å². The molecule has 2 heterocycles. The van der Waals surface area contributed by atoms with Crippen molar-refractivity contribution in [1.29, 1.82) is 0 Å². The van der Waals surface area contributed by atoms with Crippen molar-refractivity contribution in [2.75, 3.05) is 20.2 Å². The number of hydrogen-bond donors (Lipinski definition) is 1. The molecule has 0 unspecified atom stereocenters. The lowest BCUT2D eigenvalue weighted by molar-refractivity contribution is 0.0408. The van der Waals surface area contributed by atoms with E-state index >= 15 is 0 Å². The summed E-state index contributed by atoms with van der Waals surface area (Å²) in [7, 11) is 1.68. The molecule has 0 amide bonds. The van der Waals surface area contributed by atoms with Crippen LogP contribution >= 0.6 is 0 Å². The quantitative estimate of drug-likeness (QED) is 0.867. The minimum absolute atomic E-state index is 0.197. The third kappa shape index (κ3) is 2.13. The molecule has 3 atom stereocenters. The first-order valence-corrected chi connectivity index (χ1v) is 6.84. The average Bonchev–Trinajstić information content (AvgIpc) is 2.85. The summed E-state index contributed by atoms with van der Waals surface area (Å²) in [6.07, 6.45) is 3.27. The number of piperidine rings is 1. The SMILES string of the molecule is COc1ccc([C@H]2CN3CCC[C@@H]3C[C@H]2O)cc1. The molecule has 2 aliphatic rings. The van der Waals surface area contributed by atoms with Crippen LogP contribution < -0.4 is 4.74 Å². The highest BCUT2D eigenvalue weighted by Gasteiger charge is 2.37. The summed E-state index contributed by atoms with van der Waals surface area (Å²) in [6, 6.07) is 8.76. The molecule has 3 heteroatoms. The molecular formula is C15H21NO2. The van der Waals surface area contributed by atoms with E-state index in [1.807, 2.05) is 12.1 Å². The minimum Gasteiger partial charge on any atom is -0.497 e. The first-order valence-electron chi connectivity index (χ1n) is 6.84. The summed E-state index contributed by atoms with van der Waals surface area (Å²) in [6.45, 7) is 2.20. The van der Waals surface area contributed by atoms with Crippen LogP contribution in [0.4, 0.5) is 0 Å². The van der Waals surface area contributed by atoms with Gasteiger partial charge in [-0.25, -0.2) is 0 Å². The average molecular weight is 247 g/mol. The van der Waals surface area contributed by atoms with Crippen LogP contribution in [0.3, 0.4) is 0 Å². The topological polar surface area (TPSA) is 32.7 Å². The standard InChI is InChI=1S/C15H21NO2/c1-18-13-6-4-11(5-7-13)14-10-16-8-2-3-12(16)9-15(14)17/h4-7,12,14-15,17H,2-3,8-10H2,1H3/t12-,14-,15-/m1/s1. The molecule has 0 saturated carbocycles. The highest BCUT2D eigenvalue weighted by atomic mass is 16.5. The van der Waals surface area contributed by atoms with Gasteiger partial charge in [-0.05, 0) is 43.5 Å². The Morgan fingerprint density at radius 2 is 2.06 bits per heavy atom. The van der Waals surface area contributed by atoms with E-state index in [0.29, 0.717) is 6.04 Å². The molecular weight excluding hydrogens is 226 g/mol. The number of methoxy groups -OCH3 is 1. The van der Waals surface area contributed by atoms with Crippen molar-refractivity contribution in [3.63, 3.8) is 0 Å². The van der Waals surface area contributed by atoms with E-state index in [-0.39, 0.29) is 12.0 Å². The van der Waals surface area contributed by atoms with Gasteiger partial charge in [0.05, 0.1) is 13.2 Å². The van der Waals surface area contributed by atoms with Gasteiger partial charge in [-0.3, -0.25) is 4.90 Å². The van der Waals surface area contributed by atoms with Crippen molar-refractivity contribution in [2.24, 2.45) is 0 Å². The molecule has 98 valence electrons. The molecule has 18 heavy (non-hydrogen) atoms. The summed E-state index contributed by atoms with van der Waals surface area (Å²) in [5.41, 5.74) is 1.23. The minimum atomic E-state index is -0.197. The third-order valence-corrected chi connectivity index (χ3v) is 4.45. The molecule has 0 spiro atoms. The number of benzene rings is 1. The highest BCUT2D eigenvalue weighted by molar-refractivity contribution is 5.30. The van der Waals surface area contributed by atoms with Crippen LogP contribution in [0.15, 0.2) is 24.3 Å². The van der Waals surface area contributed by atoms with E-state index in [4.69, 9.17) is 4.74 Å². The summed E-state index contributed by atoms with van der Waals surface area (Å²) in [4.78, 5) is 2.54. The van der Waals surface area contributed by atoms with Gasteiger partial charge in [0, 0.05) is 18.5 Å². The second-order valence-electron chi connectivity index (χ2n) is 5.47. The summed E-state index contributed by atoms with van der Waals surface area (Å²) >= 11 is 0. The van der Waals surface area contributed by atoms with E-state index in [1.165, 1.54) is 24.9 Å². The van der Waals surface area contributed by atoms with E-state index in [1.54, 1.807) is 7.11 Å². The molecule has 2 aliphatic heterocycles. The van der Waals surface area contributed by atoms with Gasteiger partial charge < -0.3 is 9.84 Å². The lowest BCUT2D eigenvalue weighted by atomic mass is 9.85. The van der Waals surface area contributed by atoms with Crippen LogP contribution in [0.5, 0.6) is 5.75 Å². The van der Waals surface area contributed by atoms with Gasteiger partial charge in [-0.15, -0.1) is 0 Å². The summed E-state index contributed by atoms with van der Waals surface area (Å²) in [5.74, 6) is 1.13. The summed E-state index contributed by atoms with van der Waals surface area (Å²) in [5, 5.41) is 10.3. The second kappa shape index (κ2) is 4.90. The van der Waals surface area contributed by atoms with Gasteiger partial charge in [0.2, 0.25) is 0 Å². The number of aliphatic hydroxyl groups is 1. The fraction of sp³-hybridized carbons (Fsp3) is 0.600. The largest absolute Gasteiger partial charge is 0.497 e. The molecule has 0 radical (unpaired) electrons. The van der Waals surface area contributed by atoms with E-state index in [2.05, 4.69) is 17.0 Å². The Morgan fingerprint density at radius 1 is 1.28 bits per heavy atom. The Hall–Kier alpha value is -1.06. The van der Waals surface area contributed by atoms with Crippen LogP contribution in [0.25, 0.3) is 0 Å². The number of aliphatic hydroxyl groups excluding tert-OH is 1. The van der Waals surface area contributed by atoms with Gasteiger partial charge in [-0.2, -0.15) is 0 Å². The zero-order valence-corrected chi connectivity index (χ0v) is 10.9. The van der Waals surface area contributed by atoms with Crippen molar-refractivity contribution in [1.82, 2.24) is 4.90 Å². The third-order valence-electron chi connectivity index (χ3n) is 4.45. The monoisotopic (exact) mass is 247 g/mol. The first-order chi connectivity index (χ1) is 8.78.